The maximum absolute atomic E-state index is 13.6. The van der Waals surface area contributed by atoms with Crippen molar-refractivity contribution in [3.63, 3.8) is 0 Å². The molecule has 0 saturated carbocycles. The van der Waals surface area contributed by atoms with Gasteiger partial charge in [-0.15, -0.1) is 6.58 Å². The monoisotopic (exact) mass is 567 g/mol. The molecule has 1 N–H and O–H groups in total. The molecule has 1 amide bonds. The number of ether oxygens (including phenoxy) is 3. The van der Waals surface area contributed by atoms with Crippen molar-refractivity contribution >= 4 is 11.9 Å². The average molecular weight is 568 g/mol. The standard InChI is InChI=1S/C36H41NO5/c1-5-19-40-24-34(25(3)4)37-36(39)27(21-26-15-17-28(18-16-26)41-20-6-2)22-35(38)42-23-33-31-13-9-7-11-29(31)30-12-8-10-14-32(30)33/h5-18,25,27,33-34H,1-2,19-24H2,3-4H3,(H,37,39)/t27-,34+/m0/s1. The molecule has 42 heavy (non-hydrogen) atoms. The maximum atomic E-state index is 13.6. The van der Waals surface area contributed by atoms with E-state index in [9.17, 15) is 9.59 Å². The second-order valence-electron chi connectivity index (χ2n) is 10.9. The van der Waals surface area contributed by atoms with Crippen molar-refractivity contribution in [1.82, 2.24) is 5.32 Å². The van der Waals surface area contributed by atoms with Gasteiger partial charge >= 0.3 is 5.97 Å². The molecule has 0 aliphatic heterocycles. The lowest BCUT2D eigenvalue weighted by atomic mass is 9.94. The molecule has 0 fully saturated rings. The molecular weight excluding hydrogens is 526 g/mol. The molecule has 1 aliphatic carbocycles. The van der Waals surface area contributed by atoms with E-state index in [0.717, 1.165) is 22.4 Å². The zero-order valence-electron chi connectivity index (χ0n) is 24.6. The number of fused-ring (bicyclic) bond motifs is 3. The Kier molecular flexibility index (Phi) is 11.1. The summed E-state index contributed by atoms with van der Waals surface area (Å²) in [7, 11) is 0. The molecule has 6 heteroatoms. The summed E-state index contributed by atoms with van der Waals surface area (Å²) >= 11 is 0. The lowest BCUT2D eigenvalue weighted by molar-refractivity contribution is -0.147. The van der Waals surface area contributed by atoms with Crippen molar-refractivity contribution in [2.75, 3.05) is 26.4 Å². The highest BCUT2D eigenvalue weighted by Crippen LogP contribution is 2.44. The second-order valence-corrected chi connectivity index (χ2v) is 10.9. The molecular formula is C36H41NO5. The third-order valence-corrected chi connectivity index (χ3v) is 7.60. The number of hydrogen-bond acceptors (Lipinski definition) is 5. The van der Waals surface area contributed by atoms with Crippen LogP contribution in [0.3, 0.4) is 0 Å². The fourth-order valence-corrected chi connectivity index (χ4v) is 5.27. The number of benzene rings is 3. The Balaban J connectivity index is 1.46. The zero-order valence-corrected chi connectivity index (χ0v) is 24.6. The van der Waals surface area contributed by atoms with E-state index in [0.29, 0.717) is 26.2 Å². The van der Waals surface area contributed by atoms with Gasteiger partial charge in [-0.25, -0.2) is 0 Å². The van der Waals surface area contributed by atoms with Crippen LogP contribution in [0.2, 0.25) is 0 Å². The first-order valence-corrected chi connectivity index (χ1v) is 14.6. The van der Waals surface area contributed by atoms with Gasteiger partial charge in [0.1, 0.15) is 19.0 Å². The van der Waals surface area contributed by atoms with Crippen LogP contribution in [-0.2, 0) is 25.5 Å². The van der Waals surface area contributed by atoms with Crippen LogP contribution in [-0.4, -0.2) is 44.3 Å². The molecule has 0 unspecified atom stereocenters. The van der Waals surface area contributed by atoms with Gasteiger partial charge in [-0.2, -0.15) is 0 Å². The Labute approximate surface area is 249 Å². The van der Waals surface area contributed by atoms with Gasteiger partial charge < -0.3 is 19.5 Å². The number of nitrogens with one attached hydrogen (secondary N) is 1. The highest BCUT2D eigenvalue weighted by molar-refractivity contribution is 5.84. The zero-order chi connectivity index (χ0) is 29.9. The average Bonchev–Trinajstić information content (AvgIpc) is 3.32. The van der Waals surface area contributed by atoms with E-state index in [4.69, 9.17) is 14.2 Å². The van der Waals surface area contributed by atoms with Crippen molar-refractivity contribution in [3.05, 3.63) is 115 Å². The molecule has 0 bridgehead atoms. The van der Waals surface area contributed by atoms with Crippen LogP contribution in [0.4, 0.5) is 0 Å². The van der Waals surface area contributed by atoms with E-state index < -0.39 is 11.9 Å². The molecule has 0 spiro atoms. The molecule has 2 atom stereocenters. The molecule has 1 aliphatic rings. The van der Waals surface area contributed by atoms with Crippen molar-refractivity contribution in [1.29, 1.82) is 0 Å². The van der Waals surface area contributed by atoms with Crippen LogP contribution in [0, 0.1) is 11.8 Å². The molecule has 6 nitrogen and oxygen atoms in total. The summed E-state index contributed by atoms with van der Waals surface area (Å²) in [5.41, 5.74) is 5.57. The number of esters is 1. The second kappa shape index (κ2) is 15.2. The number of carbonyl (C=O) groups excluding carboxylic acids is 2. The van der Waals surface area contributed by atoms with Gasteiger partial charge in [0.05, 0.1) is 31.6 Å². The molecule has 0 radical (unpaired) electrons. The first-order chi connectivity index (χ1) is 20.4. The summed E-state index contributed by atoms with van der Waals surface area (Å²) in [6, 6.07) is 23.8. The summed E-state index contributed by atoms with van der Waals surface area (Å²) in [6.45, 7) is 12.8. The minimum atomic E-state index is -0.610. The summed E-state index contributed by atoms with van der Waals surface area (Å²) in [4.78, 5) is 26.9. The number of carbonyl (C=O) groups is 2. The molecule has 220 valence electrons. The van der Waals surface area contributed by atoms with Crippen LogP contribution in [0.1, 0.15) is 42.9 Å². The maximum Gasteiger partial charge on any atom is 0.306 e. The van der Waals surface area contributed by atoms with E-state index in [-0.39, 0.29) is 36.8 Å². The van der Waals surface area contributed by atoms with Crippen LogP contribution < -0.4 is 10.1 Å². The van der Waals surface area contributed by atoms with Crippen molar-refractivity contribution in [3.8, 4) is 16.9 Å². The molecule has 3 aromatic rings. The highest BCUT2D eigenvalue weighted by Gasteiger charge is 2.31. The van der Waals surface area contributed by atoms with Gasteiger partial charge in [0.25, 0.3) is 0 Å². The quantitative estimate of drug-likeness (QED) is 0.122. The lowest BCUT2D eigenvalue weighted by Crippen LogP contribution is -2.45. The van der Waals surface area contributed by atoms with E-state index in [1.54, 1.807) is 12.2 Å². The van der Waals surface area contributed by atoms with Gasteiger partial charge in [0.2, 0.25) is 5.91 Å². The molecule has 0 aromatic heterocycles. The molecule has 0 heterocycles. The lowest BCUT2D eigenvalue weighted by Gasteiger charge is -2.25. The van der Waals surface area contributed by atoms with Crippen molar-refractivity contribution in [2.45, 2.75) is 38.6 Å². The van der Waals surface area contributed by atoms with Gasteiger partial charge in [0.15, 0.2) is 0 Å². The minimum absolute atomic E-state index is 0.0328. The molecule has 0 saturated heterocycles. The number of rotatable bonds is 16. The largest absolute Gasteiger partial charge is 0.490 e. The first kappa shape index (κ1) is 30.8. The van der Waals surface area contributed by atoms with Gasteiger partial charge in [-0.05, 0) is 52.3 Å². The van der Waals surface area contributed by atoms with Gasteiger partial charge in [-0.1, -0.05) is 93.2 Å². The normalized spacial score (nSPS) is 13.5. The van der Waals surface area contributed by atoms with Gasteiger partial charge in [0, 0.05) is 5.92 Å². The van der Waals surface area contributed by atoms with Crippen LogP contribution in [0.5, 0.6) is 5.75 Å². The smallest absolute Gasteiger partial charge is 0.306 e. The van der Waals surface area contributed by atoms with Crippen LogP contribution in [0.25, 0.3) is 11.1 Å². The summed E-state index contributed by atoms with van der Waals surface area (Å²) in [5.74, 6) is -0.376. The minimum Gasteiger partial charge on any atom is -0.490 e. The number of amides is 1. The van der Waals surface area contributed by atoms with Crippen LogP contribution >= 0.6 is 0 Å². The summed E-state index contributed by atoms with van der Waals surface area (Å²) in [5, 5.41) is 3.12. The van der Waals surface area contributed by atoms with Crippen molar-refractivity contribution < 1.29 is 23.8 Å². The SMILES string of the molecule is C=CCOC[C@@H](NC(=O)[C@H](CC(=O)OCC1c2ccccc2-c2ccccc21)Cc1ccc(OCC=C)cc1)C(C)C. The van der Waals surface area contributed by atoms with E-state index in [1.165, 1.54) is 11.1 Å². The number of hydrogen-bond donors (Lipinski definition) is 1. The molecule has 3 aromatic carbocycles. The topological polar surface area (TPSA) is 73.9 Å². The Morgan fingerprint density at radius 2 is 1.50 bits per heavy atom. The fourth-order valence-electron chi connectivity index (χ4n) is 5.27. The van der Waals surface area contributed by atoms with Crippen LogP contribution in [0.15, 0.2) is 98.1 Å². The third-order valence-electron chi connectivity index (χ3n) is 7.60. The Morgan fingerprint density at radius 1 is 0.881 bits per heavy atom. The Hall–Kier alpha value is -4.16. The first-order valence-electron chi connectivity index (χ1n) is 14.6. The summed E-state index contributed by atoms with van der Waals surface area (Å²) in [6.07, 6.45) is 3.72. The Morgan fingerprint density at radius 3 is 2.10 bits per heavy atom. The molecule has 4 rings (SSSR count). The van der Waals surface area contributed by atoms with E-state index >= 15 is 0 Å². The predicted molar refractivity (Wildman–Crippen MR) is 166 cm³/mol. The van der Waals surface area contributed by atoms with E-state index in [1.807, 2.05) is 62.4 Å². The predicted octanol–water partition coefficient (Wildman–Crippen LogP) is 6.50. The fraction of sp³-hybridized carbons (Fsp3) is 0.333. The highest BCUT2D eigenvalue weighted by atomic mass is 16.5. The van der Waals surface area contributed by atoms with Crippen molar-refractivity contribution in [2.24, 2.45) is 11.8 Å². The summed E-state index contributed by atoms with van der Waals surface area (Å²) < 4.78 is 17.1. The van der Waals surface area contributed by atoms with Gasteiger partial charge in [-0.3, -0.25) is 9.59 Å². The van der Waals surface area contributed by atoms with E-state index in [2.05, 4.69) is 42.7 Å². The Bertz CT molecular complexity index is 1320. The third kappa shape index (κ3) is 7.98.